The predicted octanol–water partition coefficient (Wildman–Crippen LogP) is 5.47. The van der Waals surface area contributed by atoms with Crippen molar-refractivity contribution < 1.29 is 27.5 Å². The average molecular weight is 557 g/mol. The van der Waals surface area contributed by atoms with Crippen LogP contribution in [0.4, 0.5) is 29.2 Å². The smallest absolute Gasteiger partial charge is 0.435 e. The molecule has 4 aromatic heterocycles. The van der Waals surface area contributed by atoms with E-state index >= 15 is 0 Å². The SMILES string of the molecule is CCNc1cc(F)cc2c1[nH]c1ncc(-c3cnc(NCC(C)(C)C(=O)O)nc3)c(-n3ccc(C(F)(F)F)n3)c12. The Bertz CT molecular complexity index is 1730. The second-order valence-electron chi connectivity index (χ2n) is 9.76. The van der Waals surface area contributed by atoms with Crippen molar-refractivity contribution in [2.24, 2.45) is 5.41 Å². The van der Waals surface area contributed by atoms with Gasteiger partial charge in [-0.3, -0.25) is 4.79 Å². The maximum absolute atomic E-state index is 14.7. The highest BCUT2D eigenvalue weighted by Gasteiger charge is 2.34. The first-order valence-electron chi connectivity index (χ1n) is 12.2. The fourth-order valence-electron chi connectivity index (χ4n) is 4.22. The lowest BCUT2D eigenvalue weighted by molar-refractivity contribution is -0.146. The minimum absolute atomic E-state index is 0.0585. The third-order valence-electron chi connectivity index (χ3n) is 6.37. The molecule has 0 radical (unpaired) electrons. The molecule has 0 spiro atoms. The molecule has 10 nitrogen and oxygen atoms in total. The standard InChI is InChI=1S/C26H24F4N8O2/c1-4-31-17-8-14(27)7-15-19-21(38-6-5-18(37-38)26(28,29)30)16(11-32-22(19)36-20(15)17)13-9-33-24(34-10-13)35-12-25(2,3)23(39)40/h5-11,31H,4,12H2,1-3H3,(H,32,36)(H,39,40)(H,33,34,35). The minimum atomic E-state index is -4.68. The molecular formula is C26H24F4N8O2. The zero-order valence-corrected chi connectivity index (χ0v) is 21.6. The molecule has 0 fully saturated rings. The number of pyridine rings is 1. The van der Waals surface area contributed by atoms with Gasteiger partial charge in [0.25, 0.3) is 0 Å². The van der Waals surface area contributed by atoms with E-state index in [1.807, 2.05) is 6.92 Å². The Morgan fingerprint density at radius 2 is 1.82 bits per heavy atom. The first-order chi connectivity index (χ1) is 18.9. The molecule has 208 valence electrons. The van der Waals surface area contributed by atoms with Gasteiger partial charge in [-0.1, -0.05) is 0 Å². The van der Waals surface area contributed by atoms with E-state index in [-0.39, 0.29) is 18.2 Å². The molecule has 0 unspecified atom stereocenters. The summed E-state index contributed by atoms with van der Waals surface area (Å²) in [6, 6.07) is 3.46. The molecule has 0 saturated heterocycles. The van der Waals surface area contributed by atoms with Gasteiger partial charge in [0.15, 0.2) is 5.69 Å². The number of nitrogens with one attached hydrogen (secondary N) is 3. The van der Waals surface area contributed by atoms with Crippen LogP contribution in [0.1, 0.15) is 26.5 Å². The Morgan fingerprint density at radius 1 is 1.10 bits per heavy atom. The van der Waals surface area contributed by atoms with Crippen LogP contribution >= 0.6 is 0 Å². The number of rotatable bonds is 8. The van der Waals surface area contributed by atoms with Crippen molar-refractivity contribution in [3.8, 4) is 16.8 Å². The van der Waals surface area contributed by atoms with Crippen LogP contribution in [-0.4, -0.2) is 53.9 Å². The number of benzene rings is 1. The number of hydrogen-bond acceptors (Lipinski definition) is 7. The van der Waals surface area contributed by atoms with Crippen molar-refractivity contribution in [2.75, 3.05) is 23.7 Å². The third-order valence-corrected chi connectivity index (χ3v) is 6.37. The molecule has 0 bridgehead atoms. The Balaban J connectivity index is 1.69. The summed E-state index contributed by atoms with van der Waals surface area (Å²) >= 11 is 0. The molecule has 0 aliphatic heterocycles. The van der Waals surface area contributed by atoms with Gasteiger partial charge in [0.2, 0.25) is 5.95 Å². The first kappa shape index (κ1) is 26.8. The Hall–Kier alpha value is -4.75. The van der Waals surface area contributed by atoms with E-state index in [0.29, 0.717) is 45.3 Å². The third kappa shape index (κ3) is 4.87. The summed E-state index contributed by atoms with van der Waals surface area (Å²) < 4.78 is 56.2. The summed E-state index contributed by atoms with van der Waals surface area (Å²) in [7, 11) is 0. The quantitative estimate of drug-likeness (QED) is 0.185. The van der Waals surface area contributed by atoms with Crippen LogP contribution in [0.25, 0.3) is 38.8 Å². The molecule has 0 saturated carbocycles. The fraction of sp³-hybridized carbons (Fsp3) is 0.269. The Morgan fingerprint density at radius 3 is 2.45 bits per heavy atom. The van der Waals surface area contributed by atoms with Crippen LogP contribution in [0.2, 0.25) is 0 Å². The average Bonchev–Trinajstić information content (AvgIpc) is 3.53. The number of aliphatic carboxylic acids is 1. The van der Waals surface area contributed by atoms with Crippen LogP contribution in [0.3, 0.4) is 0 Å². The molecule has 40 heavy (non-hydrogen) atoms. The van der Waals surface area contributed by atoms with Crippen molar-refractivity contribution >= 4 is 39.5 Å². The number of carbonyl (C=O) groups is 1. The van der Waals surface area contributed by atoms with Gasteiger partial charge in [-0.2, -0.15) is 18.3 Å². The summed E-state index contributed by atoms with van der Waals surface area (Å²) in [6.45, 7) is 5.52. The van der Waals surface area contributed by atoms with Crippen LogP contribution in [0, 0.1) is 11.2 Å². The van der Waals surface area contributed by atoms with E-state index in [0.717, 1.165) is 10.7 Å². The molecule has 4 heterocycles. The molecule has 0 atom stereocenters. The van der Waals surface area contributed by atoms with E-state index in [9.17, 15) is 27.5 Å². The maximum Gasteiger partial charge on any atom is 0.435 e. The van der Waals surface area contributed by atoms with Crippen molar-refractivity contribution in [1.29, 1.82) is 0 Å². The van der Waals surface area contributed by atoms with Gasteiger partial charge >= 0.3 is 12.1 Å². The number of aromatic amines is 1. The van der Waals surface area contributed by atoms with Crippen molar-refractivity contribution in [2.45, 2.75) is 26.9 Å². The molecule has 1 aromatic carbocycles. The zero-order chi connectivity index (χ0) is 28.8. The number of fused-ring (bicyclic) bond motifs is 3. The van der Waals surface area contributed by atoms with Gasteiger partial charge in [-0.15, -0.1) is 0 Å². The minimum Gasteiger partial charge on any atom is -0.481 e. The van der Waals surface area contributed by atoms with Crippen LogP contribution in [0.5, 0.6) is 0 Å². The summed E-state index contributed by atoms with van der Waals surface area (Å²) in [4.78, 5) is 27.5. The predicted molar refractivity (Wildman–Crippen MR) is 141 cm³/mol. The van der Waals surface area contributed by atoms with Gasteiger partial charge < -0.3 is 20.7 Å². The van der Waals surface area contributed by atoms with Crippen molar-refractivity contribution in [3.05, 3.63) is 54.5 Å². The monoisotopic (exact) mass is 556 g/mol. The van der Waals surface area contributed by atoms with Crippen molar-refractivity contribution in [3.63, 3.8) is 0 Å². The number of aromatic nitrogens is 6. The lowest BCUT2D eigenvalue weighted by atomic mass is 9.94. The van der Waals surface area contributed by atoms with Gasteiger partial charge in [-0.25, -0.2) is 24.0 Å². The van der Waals surface area contributed by atoms with E-state index in [1.54, 1.807) is 13.8 Å². The first-order valence-corrected chi connectivity index (χ1v) is 12.2. The van der Waals surface area contributed by atoms with E-state index < -0.39 is 29.1 Å². The van der Waals surface area contributed by atoms with Crippen LogP contribution in [0.15, 0.2) is 43.0 Å². The van der Waals surface area contributed by atoms with Gasteiger partial charge in [0.05, 0.1) is 27.7 Å². The topological polar surface area (TPSA) is 134 Å². The summed E-state index contributed by atoms with van der Waals surface area (Å²) in [5, 5.41) is 19.8. The molecule has 4 N–H and O–H groups in total. The molecule has 0 aliphatic carbocycles. The normalized spacial score (nSPS) is 12.3. The van der Waals surface area contributed by atoms with Crippen molar-refractivity contribution in [1.82, 2.24) is 29.7 Å². The van der Waals surface area contributed by atoms with E-state index in [2.05, 4.69) is 35.7 Å². The molecule has 0 amide bonds. The molecule has 5 aromatic rings. The van der Waals surface area contributed by atoms with Crippen LogP contribution in [-0.2, 0) is 11.0 Å². The number of anilines is 2. The Labute approximate surface area is 224 Å². The van der Waals surface area contributed by atoms with Gasteiger partial charge in [0.1, 0.15) is 11.5 Å². The van der Waals surface area contributed by atoms with E-state index in [1.165, 1.54) is 36.9 Å². The second kappa shape index (κ2) is 9.77. The lowest BCUT2D eigenvalue weighted by Crippen LogP contribution is -2.32. The lowest BCUT2D eigenvalue weighted by Gasteiger charge is -2.19. The number of nitrogens with zero attached hydrogens (tertiary/aromatic N) is 5. The largest absolute Gasteiger partial charge is 0.481 e. The maximum atomic E-state index is 14.7. The molecule has 5 rings (SSSR count). The molecule has 0 aliphatic rings. The number of carboxylic acid groups (broad SMARTS) is 1. The number of alkyl halides is 3. The number of hydrogen-bond donors (Lipinski definition) is 4. The van der Waals surface area contributed by atoms with Gasteiger partial charge in [-0.05, 0) is 39.0 Å². The number of H-pyrrole nitrogens is 1. The number of carboxylic acids is 1. The highest BCUT2D eigenvalue weighted by molar-refractivity contribution is 6.15. The highest BCUT2D eigenvalue weighted by Crippen LogP contribution is 2.39. The summed E-state index contributed by atoms with van der Waals surface area (Å²) in [5.41, 5.74) is 0.113. The van der Waals surface area contributed by atoms with Gasteiger partial charge in [0, 0.05) is 54.4 Å². The molecule has 14 heteroatoms. The molecular weight excluding hydrogens is 532 g/mol. The summed E-state index contributed by atoms with van der Waals surface area (Å²) in [6.07, 6.45) is 0.814. The second-order valence-corrected chi connectivity index (χ2v) is 9.76. The Kier molecular flexibility index (Phi) is 6.56. The zero-order valence-electron chi connectivity index (χ0n) is 21.6. The van der Waals surface area contributed by atoms with Crippen LogP contribution < -0.4 is 10.6 Å². The van der Waals surface area contributed by atoms with E-state index in [4.69, 9.17) is 0 Å². The fourth-order valence-corrected chi connectivity index (χ4v) is 4.22. The number of halogens is 4. The highest BCUT2D eigenvalue weighted by atomic mass is 19.4. The summed E-state index contributed by atoms with van der Waals surface area (Å²) in [5.74, 6) is -1.37.